The second-order valence-corrected chi connectivity index (χ2v) is 4.13. The monoisotopic (exact) mass is 213 g/mol. The van der Waals surface area contributed by atoms with Gasteiger partial charge in [-0.2, -0.15) is 0 Å². The van der Waals surface area contributed by atoms with Crippen molar-refractivity contribution in [3.63, 3.8) is 0 Å². The number of sulfonamides is 1. The summed E-state index contributed by atoms with van der Waals surface area (Å²) in [5, 5.41) is 9.22. The summed E-state index contributed by atoms with van der Waals surface area (Å²) in [7, 11) is -4.04. The predicted octanol–water partition coefficient (Wildman–Crippen LogP) is 0.617. The van der Waals surface area contributed by atoms with Gasteiger partial charge in [0.25, 0.3) is 10.0 Å². The van der Waals surface area contributed by atoms with Crippen molar-refractivity contribution in [3.8, 4) is 0 Å². The highest BCUT2D eigenvalue weighted by atomic mass is 32.2. The van der Waals surface area contributed by atoms with Crippen LogP contribution in [0.4, 0.5) is 5.69 Å². The molecule has 0 saturated carbocycles. The number of para-hydroxylation sites is 1. The van der Waals surface area contributed by atoms with Crippen LogP contribution in [0.5, 0.6) is 0 Å². The molecule has 6 heteroatoms. The molecule has 0 unspecified atom stereocenters. The maximum Gasteiger partial charge on any atom is 0.256 e. The van der Waals surface area contributed by atoms with Gasteiger partial charge in [0, 0.05) is 6.92 Å². The highest BCUT2D eigenvalue weighted by Crippen LogP contribution is 2.19. The van der Waals surface area contributed by atoms with E-state index in [0.717, 1.165) is 0 Å². The van der Waals surface area contributed by atoms with Crippen LogP contribution in [0.2, 0.25) is 0 Å². The summed E-state index contributed by atoms with van der Waals surface area (Å²) in [4.78, 5) is 10.5. The zero-order valence-electron chi connectivity index (χ0n) is 7.44. The lowest BCUT2D eigenvalue weighted by Crippen LogP contribution is -2.11. The second kappa shape index (κ2) is 3.77. The van der Waals surface area contributed by atoms with Crippen molar-refractivity contribution in [2.75, 3.05) is 5.32 Å². The number of benzene rings is 1. The van der Waals surface area contributed by atoms with E-state index in [1.807, 2.05) is 0 Å². The smallest absolute Gasteiger partial charge is 0.256 e. The van der Waals surface area contributed by atoms with E-state index >= 15 is 0 Å². The fourth-order valence-corrected chi connectivity index (χ4v) is 1.66. The molecule has 1 radical (unpaired) electrons. The zero-order valence-corrected chi connectivity index (χ0v) is 8.26. The SMILES string of the molecule is CC(=O)Nc1ccccc1S([NH])(=O)=O. The van der Waals surface area contributed by atoms with Gasteiger partial charge in [-0.3, -0.25) is 4.79 Å². The third kappa shape index (κ3) is 2.54. The van der Waals surface area contributed by atoms with Gasteiger partial charge in [0.05, 0.1) is 5.69 Å². The molecule has 1 amide bonds. The lowest BCUT2D eigenvalue weighted by atomic mass is 10.3. The van der Waals surface area contributed by atoms with Gasteiger partial charge in [-0.05, 0) is 12.1 Å². The summed E-state index contributed by atoms with van der Waals surface area (Å²) in [5.41, 5.74) is 0.134. The molecule has 0 fully saturated rings. The Balaban J connectivity index is 3.23. The minimum atomic E-state index is -4.04. The van der Waals surface area contributed by atoms with Gasteiger partial charge in [0.15, 0.2) is 0 Å². The first-order chi connectivity index (χ1) is 6.41. The second-order valence-electron chi connectivity index (χ2n) is 2.68. The van der Waals surface area contributed by atoms with Crippen LogP contribution < -0.4 is 10.5 Å². The standard InChI is InChI=1S/C8H9N2O3S/c1-6(11)10-7-4-2-3-5-8(7)14(9,12)13/h2-5,9H,1H3,(H,10,11). The van der Waals surface area contributed by atoms with Crippen molar-refractivity contribution in [1.82, 2.24) is 5.14 Å². The van der Waals surface area contributed by atoms with E-state index in [4.69, 9.17) is 5.14 Å². The average Bonchev–Trinajstić information content (AvgIpc) is 2.01. The Morgan fingerprint density at radius 3 is 2.43 bits per heavy atom. The molecule has 2 N–H and O–H groups in total. The molecular formula is C8H9N2O3S. The number of anilines is 1. The van der Waals surface area contributed by atoms with Crippen LogP contribution >= 0.6 is 0 Å². The van der Waals surface area contributed by atoms with E-state index < -0.39 is 10.0 Å². The number of hydrogen-bond donors (Lipinski definition) is 1. The van der Waals surface area contributed by atoms with Crippen molar-refractivity contribution >= 4 is 21.6 Å². The molecule has 0 spiro atoms. The first-order valence-corrected chi connectivity index (χ1v) is 5.26. The number of nitrogens with one attached hydrogen (secondary N) is 2. The Labute approximate surface area is 82.0 Å². The van der Waals surface area contributed by atoms with Crippen LogP contribution in [-0.4, -0.2) is 14.3 Å². The van der Waals surface area contributed by atoms with Gasteiger partial charge >= 0.3 is 0 Å². The number of carbonyl (C=O) groups excluding carboxylic acids is 1. The number of amides is 1. The molecule has 1 aromatic rings. The van der Waals surface area contributed by atoms with E-state index in [9.17, 15) is 13.2 Å². The topological polar surface area (TPSA) is 87.0 Å². The maximum absolute atomic E-state index is 11.0. The molecule has 1 aromatic carbocycles. The van der Waals surface area contributed by atoms with Gasteiger partial charge in [0.2, 0.25) is 5.91 Å². The van der Waals surface area contributed by atoms with Gasteiger partial charge < -0.3 is 5.32 Å². The Morgan fingerprint density at radius 1 is 1.36 bits per heavy atom. The number of carbonyl (C=O) groups is 1. The molecule has 0 aliphatic rings. The molecule has 0 aliphatic carbocycles. The van der Waals surface area contributed by atoms with Gasteiger partial charge in [-0.25, -0.2) is 8.42 Å². The van der Waals surface area contributed by atoms with Crippen molar-refractivity contribution in [2.45, 2.75) is 11.8 Å². The number of hydrogen-bond acceptors (Lipinski definition) is 3. The minimum Gasteiger partial charge on any atom is -0.325 e. The molecule has 75 valence electrons. The molecular weight excluding hydrogens is 204 g/mol. The summed E-state index contributed by atoms with van der Waals surface area (Å²) < 4.78 is 21.9. The number of rotatable bonds is 2. The van der Waals surface area contributed by atoms with E-state index in [1.165, 1.54) is 25.1 Å². The molecule has 0 bridgehead atoms. The lowest BCUT2D eigenvalue weighted by molar-refractivity contribution is -0.114. The Morgan fingerprint density at radius 2 is 1.93 bits per heavy atom. The molecule has 0 aromatic heterocycles. The molecule has 0 atom stereocenters. The third-order valence-electron chi connectivity index (χ3n) is 1.49. The van der Waals surface area contributed by atoms with Crippen LogP contribution in [-0.2, 0) is 14.8 Å². The molecule has 14 heavy (non-hydrogen) atoms. The molecule has 0 heterocycles. The first kappa shape index (κ1) is 10.7. The molecule has 1 rings (SSSR count). The normalized spacial score (nSPS) is 11.0. The van der Waals surface area contributed by atoms with E-state index in [0.29, 0.717) is 0 Å². The fraction of sp³-hybridized carbons (Fsp3) is 0.125. The van der Waals surface area contributed by atoms with Crippen LogP contribution in [0.25, 0.3) is 0 Å². The summed E-state index contributed by atoms with van der Waals surface area (Å²) in [6, 6.07) is 5.78. The van der Waals surface area contributed by atoms with Crippen LogP contribution in [0.1, 0.15) is 6.92 Å². The summed E-state index contributed by atoms with van der Waals surface area (Å²) in [5.74, 6) is -0.374. The molecule has 5 nitrogen and oxygen atoms in total. The van der Waals surface area contributed by atoms with Crippen molar-refractivity contribution in [2.24, 2.45) is 0 Å². The summed E-state index contributed by atoms with van der Waals surface area (Å²) in [6.45, 7) is 1.27. The van der Waals surface area contributed by atoms with Crippen molar-refractivity contribution < 1.29 is 13.2 Å². The van der Waals surface area contributed by atoms with Gasteiger partial charge in [0.1, 0.15) is 4.90 Å². The van der Waals surface area contributed by atoms with Gasteiger partial charge in [-0.1, -0.05) is 12.1 Å². The van der Waals surface area contributed by atoms with E-state index in [2.05, 4.69) is 5.32 Å². The highest BCUT2D eigenvalue weighted by Gasteiger charge is 2.14. The lowest BCUT2D eigenvalue weighted by Gasteiger charge is -2.06. The minimum absolute atomic E-state index is 0.134. The Bertz CT molecular complexity index is 453. The summed E-state index contributed by atoms with van der Waals surface area (Å²) >= 11 is 0. The van der Waals surface area contributed by atoms with E-state index in [-0.39, 0.29) is 16.5 Å². The van der Waals surface area contributed by atoms with E-state index in [1.54, 1.807) is 6.07 Å². The van der Waals surface area contributed by atoms with Crippen molar-refractivity contribution in [1.29, 1.82) is 0 Å². The third-order valence-corrected chi connectivity index (χ3v) is 2.42. The zero-order chi connectivity index (χ0) is 10.8. The first-order valence-electron chi connectivity index (χ1n) is 3.77. The highest BCUT2D eigenvalue weighted by molar-refractivity contribution is 7.89. The fourth-order valence-electron chi connectivity index (χ4n) is 0.994. The van der Waals surface area contributed by atoms with Crippen LogP contribution in [0.15, 0.2) is 29.2 Å². The molecule has 0 saturated heterocycles. The van der Waals surface area contributed by atoms with Crippen LogP contribution in [0.3, 0.4) is 0 Å². The van der Waals surface area contributed by atoms with Crippen molar-refractivity contribution in [3.05, 3.63) is 24.3 Å². The maximum atomic E-state index is 11.0. The Kier molecular flexibility index (Phi) is 2.87. The van der Waals surface area contributed by atoms with Crippen LogP contribution in [0, 0.1) is 0 Å². The van der Waals surface area contributed by atoms with Gasteiger partial charge in [-0.15, -0.1) is 5.14 Å². The quantitative estimate of drug-likeness (QED) is 0.781. The molecule has 0 aliphatic heterocycles. The summed E-state index contributed by atoms with van der Waals surface area (Å²) in [6.07, 6.45) is 0. The predicted molar refractivity (Wildman–Crippen MR) is 51.0 cm³/mol. The largest absolute Gasteiger partial charge is 0.325 e. The average molecular weight is 213 g/mol. The Hall–Kier alpha value is -1.40.